The molecular weight excluding hydrogens is 395 g/mol. The number of amides is 1. The zero-order valence-electron chi connectivity index (χ0n) is 14.1. The lowest BCUT2D eigenvalue weighted by molar-refractivity contribution is 0.0946. The van der Waals surface area contributed by atoms with Gasteiger partial charge in [0.05, 0.1) is 39.5 Å². The van der Waals surface area contributed by atoms with Crippen molar-refractivity contribution in [1.82, 2.24) is 10.3 Å². The summed E-state index contributed by atoms with van der Waals surface area (Å²) in [5.41, 5.74) is 0.138. The molecule has 0 aliphatic carbocycles. The van der Waals surface area contributed by atoms with Gasteiger partial charge in [-0.25, -0.2) is 21.2 Å². The second kappa shape index (κ2) is 7.35. The number of benzene rings is 1. The highest BCUT2D eigenvalue weighted by molar-refractivity contribution is 7.96. The molecule has 1 atom stereocenters. The van der Waals surface area contributed by atoms with Crippen LogP contribution in [0, 0.1) is 5.82 Å². The number of carbonyl (C=O) groups is 1. The monoisotopic (exact) mass is 412 g/mol. The van der Waals surface area contributed by atoms with Crippen LogP contribution in [-0.4, -0.2) is 44.5 Å². The molecule has 0 saturated carbocycles. The first kappa shape index (κ1) is 19.4. The van der Waals surface area contributed by atoms with E-state index in [9.17, 15) is 26.0 Å². The van der Waals surface area contributed by atoms with Crippen LogP contribution in [0.3, 0.4) is 0 Å². The van der Waals surface area contributed by atoms with Gasteiger partial charge in [-0.2, -0.15) is 0 Å². The van der Waals surface area contributed by atoms with Crippen LogP contribution in [0.5, 0.6) is 0 Å². The van der Waals surface area contributed by atoms with Crippen molar-refractivity contribution in [1.29, 1.82) is 0 Å². The van der Waals surface area contributed by atoms with Crippen LogP contribution in [0.4, 0.5) is 4.39 Å². The number of rotatable bonds is 5. The first-order valence-corrected chi connectivity index (χ1v) is 11.5. The number of sulfone groups is 2. The zero-order valence-corrected chi connectivity index (χ0v) is 15.8. The van der Waals surface area contributed by atoms with Crippen molar-refractivity contribution in [2.45, 2.75) is 23.1 Å². The predicted octanol–water partition coefficient (Wildman–Crippen LogP) is 1.11. The summed E-state index contributed by atoms with van der Waals surface area (Å²) >= 11 is 0. The van der Waals surface area contributed by atoms with Crippen LogP contribution < -0.4 is 5.32 Å². The molecule has 144 valence electrons. The van der Waals surface area contributed by atoms with E-state index in [0.717, 1.165) is 18.2 Å². The Morgan fingerprint density at radius 1 is 1.26 bits per heavy atom. The summed E-state index contributed by atoms with van der Waals surface area (Å²) in [4.78, 5) is 16.0. The highest BCUT2D eigenvalue weighted by Gasteiger charge is 2.38. The molecule has 1 fully saturated rings. The minimum Gasteiger partial charge on any atom is -0.346 e. The van der Waals surface area contributed by atoms with E-state index in [1.54, 1.807) is 24.4 Å². The van der Waals surface area contributed by atoms with Gasteiger partial charge in [0, 0.05) is 6.20 Å². The van der Waals surface area contributed by atoms with Crippen LogP contribution in [0.2, 0.25) is 0 Å². The van der Waals surface area contributed by atoms with E-state index >= 15 is 0 Å². The molecule has 2 heterocycles. The highest BCUT2D eigenvalue weighted by Crippen LogP contribution is 2.26. The maximum absolute atomic E-state index is 14.1. The Balaban J connectivity index is 1.82. The number of nitrogens with one attached hydrogen (secondary N) is 1. The smallest absolute Gasteiger partial charge is 0.254 e. The van der Waals surface area contributed by atoms with Crippen LogP contribution in [-0.2, 0) is 26.2 Å². The third-order valence-electron chi connectivity index (χ3n) is 4.30. The lowest BCUT2D eigenvalue weighted by Crippen LogP contribution is -2.26. The normalized spacial score (nSPS) is 18.9. The van der Waals surface area contributed by atoms with Gasteiger partial charge in [-0.15, -0.1) is 0 Å². The molecule has 1 aromatic heterocycles. The van der Waals surface area contributed by atoms with Crippen LogP contribution in [0.15, 0.2) is 47.5 Å². The van der Waals surface area contributed by atoms with Crippen molar-refractivity contribution in [2.75, 3.05) is 11.5 Å². The molecule has 1 saturated heterocycles. The molecule has 0 spiro atoms. The molecule has 3 rings (SSSR count). The summed E-state index contributed by atoms with van der Waals surface area (Å²) in [7, 11) is -7.39. The maximum Gasteiger partial charge on any atom is 0.254 e. The number of carbonyl (C=O) groups excluding carboxylic acids is 1. The molecular formula is C17H17FN2O5S2. The average Bonchev–Trinajstić information content (AvgIpc) is 3.01. The second-order valence-corrected chi connectivity index (χ2v) is 10.7. The van der Waals surface area contributed by atoms with Crippen molar-refractivity contribution in [3.63, 3.8) is 0 Å². The molecule has 1 N–H and O–H groups in total. The van der Waals surface area contributed by atoms with E-state index < -0.39 is 48.0 Å². The fourth-order valence-corrected chi connectivity index (χ4v) is 7.21. The number of halogens is 1. The summed E-state index contributed by atoms with van der Waals surface area (Å²) < 4.78 is 62.5. The Hall–Kier alpha value is -2.33. The van der Waals surface area contributed by atoms with Gasteiger partial charge in [-0.3, -0.25) is 9.78 Å². The Morgan fingerprint density at radius 3 is 2.67 bits per heavy atom. The minimum atomic E-state index is -3.99. The average molecular weight is 412 g/mol. The van der Waals surface area contributed by atoms with Gasteiger partial charge in [0.2, 0.25) is 0 Å². The Kier molecular flexibility index (Phi) is 5.29. The molecule has 1 unspecified atom stereocenters. The van der Waals surface area contributed by atoms with Crippen LogP contribution in [0.25, 0.3) is 0 Å². The topological polar surface area (TPSA) is 110 Å². The minimum absolute atomic E-state index is 0.0107. The van der Waals surface area contributed by atoms with Crippen LogP contribution in [0.1, 0.15) is 22.5 Å². The molecule has 0 bridgehead atoms. The number of hydrogen-bond acceptors (Lipinski definition) is 6. The fraction of sp³-hybridized carbons (Fsp3) is 0.294. The van der Waals surface area contributed by atoms with Gasteiger partial charge in [-0.1, -0.05) is 6.07 Å². The quantitative estimate of drug-likeness (QED) is 0.737. The van der Waals surface area contributed by atoms with Crippen molar-refractivity contribution in [2.24, 2.45) is 0 Å². The molecule has 10 heteroatoms. The summed E-state index contributed by atoms with van der Waals surface area (Å²) in [6.45, 7) is 0.0525. The first-order valence-electron chi connectivity index (χ1n) is 8.11. The van der Waals surface area contributed by atoms with Gasteiger partial charge < -0.3 is 5.32 Å². The maximum atomic E-state index is 14.1. The lowest BCUT2D eigenvalue weighted by atomic mass is 10.2. The van der Waals surface area contributed by atoms with Crippen LogP contribution >= 0.6 is 0 Å². The fourth-order valence-electron chi connectivity index (χ4n) is 2.82. The van der Waals surface area contributed by atoms with Crippen molar-refractivity contribution in [3.8, 4) is 0 Å². The third kappa shape index (κ3) is 4.33. The van der Waals surface area contributed by atoms with E-state index in [0.29, 0.717) is 5.69 Å². The summed E-state index contributed by atoms with van der Waals surface area (Å²) in [5, 5.41) is 1.40. The van der Waals surface area contributed by atoms with E-state index in [2.05, 4.69) is 10.3 Å². The SMILES string of the molecule is O=C(NCc1ccccn1)c1cc(S(=O)(=O)C2CCS(=O)(=O)C2)ccc1F. The van der Waals surface area contributed by atoms with Gasteiger partial charge in [0.1, 0.15) is 5.82 Å². The molecule has 2 aromatic rings. The number of nitrogens with zero attached hydrogens (tertiary/aromatic N) is 1. The standard InChI is InChI=1S/C17H17FN2O5S2/c18-16-5-4-13(27(24,25)14-6-8-26(22,23)11-14)9-15(16)17(21)20-10-12-3-1-2-7-19-12/h1-5,7,9,14H,6,8,10-11H2,(H,20,21). The van der Waals surface area contributed by atoms with E-state index in [-0.39, 0.29) is 23.6 Å². The summed E-state index contributed by atoms with van der Waals surface area (Å²) in [6, 6.07) is 8.01. The van der Waals surface area contributed by atoms with E-state index in [1.807, 2.05) is 0 Å². The molecule has 1 aromatic carbocycles. The van der Waals surface area contributed by atoms with Gasteiger partial charge in [0.25, 0.3) is 5.91 Å². The molecule has 0 radical (unpaired) electrons. The van der Waals surface area contributed by atoms with Gasteiger partial charge in [-0.05, 0) is 36.8 Å². The summed E-state index contributed by atoms with van der Waals surface area (Å²) in [5.74, 6) is -2.32. The highest BCUT2D eigenvalue weighted by atomic mass is 32.2. The molecule has 1 aliphatic heterocycles. The van der Waals surface area contributed by atoms with Crippen molar-refractivity contribution >= 4 is 25.6 Å². The Labute approximate surface area is 156 Å². The number of aromatic nitrogens is 1. The lowest BCUT2D eigenvalue weighted by Gasteiger charge is -2.12. The second-order valence-electron chi connectivity index (χ2n) is 6.22. The third-order valence-corrected chi connectivity index (χ3v) is 8.47. The van der Waals surface area contributed by atoms with E-state index in [1.165, 1.54) is 0 Å². The molecule has 1 amide bonds. The Bertz CT molecular complexity index is 1070. The number of hydrogen-bond donors (Lipinski definition) is 1. The Morgan fingerprint density at radius 2 is 2.04 bits per heavy atom. The van der Waals surface area contributed by atoms with Crippen molar-refractivity contribution < 1.29 is 26.0 Å². The van der Waals surface area contributed by atoms with Crippen molar-refractivity contribution in [3.05, 3.63) is 59.7 Å². The predicted molar refractivity (Wildman–Crippen MR) is 96.1 cm³/mol. The molecule has 27 heavy (non-hydrogen) atoms. The van der Waals surface area contributed by atoms with Gasteiger partial charge >= 0.3 is 0 Å². The zero-order chi connectivity index (χ0) is 19.7. The van der Waals surface area contributed by atoms with E-state index in [4.69, 9.17) is 0 Å². The molecule has 1 aliphatic rings. The summed E-state index contributed by atoms with van der Waals surface area (Å²) in [6.07, 6.45) is 1.54. The molecule has 7 nitrogen and oxygen atoms in total. The number of pyridine rings is 1. The van der Waals surface area contributed by atoms with Gasteiger partial charge in [0.15, 0.2) is 19.7 Å². The largest absolute Gasteiger partial charge is 0.346 e. The first-order chi connectivity index (χ1) is 12.7.